The van der Waals surface area contributed by atoms with E-state index in [9.17, 15) is 4.39 Å². The van der Waals surface area contributed by atoms with Gasteiger partial charge < -0.3 is 0 Å². The molecule has 3 heteroatoms. The molecular weight excluding hydrogens is 270 g/mol. The number of alkyl halides is 1. The summed E-state index contributed by atoms with van der Waals surface area (Å²) >= 11 is 12.0. The van der Waals surface area contributed by atoms with E-state index < -0.39 is 0 Å². The highest BCUT2D eigenvalue weighted by Crippen LogP contribution is 2.38. The molecule has 0 fully saturated rings. The van der Waals surface area contributed by atoms with Crippen molar-refractivity contribution in [3.63, 3.8) is 0 Å². The molecular formula is C15H17Cl2F. The van der Waals surface area contributed by atoms with E-state index >= 15 is 0 Å². The van der Waals surface area contributed by atoms with Crippen molar-refractivity contribution in [2.24, 2.45) is 5.41 Å². The standard InChI is InChI=1S/C15H17Cl2F/c1-15(2)8-10(7-12(16)9-15)6-11-4-3-5-13(17)14(11)18/h3-5,7,12H,6,8-9H2,1-2H3. The molecule has 0 saturated heterocycles. The molecule has 1 unspecified atom stereocenters. The molecule has 98 valence electrons. The maximum atomic E-state index is 13.9. The molecule has 18 heavy (non-hydrogen) atoms. The summed E-state index contributed by atoms with van der Waals surface area (Å²) in [4.78, 5) is 0. The SMILES string of the molecule is CC1(C)CC(Cc2cccc(Cl)c2F)=CC(Cl)C1. The first-order chi connectivity index (χ1) is 8.37. The summed E-state index contributed by atoms with van der Waals surface area (Å²) in [5.41, 5.74) is 2.04. The summed E-state index contributed by atoms with van der Waals surface area (Å²) in [6.45, 7) is 4.40. The summed E-state index contributed by atoms with van der Waals surface area (Å²) in [5, 5.41) is 0.233. The highest BCUT2D eigenvalue weighted by Gasteiger charge is 2.27. The van der Waals surface area contributed by atoms with Crippen LogP contribution in [0.15, 0.2) is 29.8 Å². The zero-order chi connectivity index (χ0) is 13.3. The highest BCUT2D eigenvalue weighted by atomic mass is 35.5. The third kappa shape index (κ3) is 3.27. The van der Waals surface area contributed by atoms with Gasteiger partial charge >= 0.3 is 0 Å². The highest BCUT2D eigenvalue weighted by molar-refractivity contribution is 6.30. The average Bonchev–Trinajstić information content (AvgIpc) is 2.22. The molecule has 0 spiro atoms. The molecule has 0 bridgehead atoms. The van der Waals surface area contributed by atoms with Gasteiger partial charge in [0.1, 0.15) is 5.82 Å². The lowest BCUT2D eigenvalue weighted by Crippen LogP contribution is -2.23. The molecule has 1 aromatic carbocycles. The van der Waals surface area contributed by atoms with E-state index in [-0.39, 0.29) is 21.6 Å². The Morgan fingerprint density at radius 1 is 1.39 bits per heavy atom. The Morgan fingerprint density at radius 2 is 2.11 bits per heavy atom. The van der Waals surface area contributed by atoms with Crippen molar-refractivity contribution in [1.82, 2.24) is 0 Å². The second kappa shape index (κ2) is 5.22. The van der Waals surface area contributed by atoms with Gasteiger partial charge in [-0.25, -0.2) is 4.39 Å². The molecule has 2 rings (SSSR count). The summed E-state index contributed by atoms with van der Waals surface area (Å²) in [7, 11) is 0. The fourth-order valence-electron chi connectivity index (χ4n) is 2.64. The van der Waals surface area contributed by atoms with Crippen LogP contribution in [0.3, 0.4) is 0 Å². The predicted octanol–water partition coefficient (Wildman–Crippen LogP) is 5.38. The molecule has 0 saturated carbocycles. The zero-order valence-corrected chi connectivity index (χ0v) is 12.2. The van der Waals surface area contributed by atoms with E-state index in [4.69, 9.17) is 23.2 Å². The Labute approximate surface area is 118 Å². The van der Waals surface area contributed by atoms with Crippen LogP contribution in [0.4, 0.5) is 4.39 Å². The number of hydrogen-bond acceptors (Lipinski definition) is 0. The Bertz CT molecular complexity index is 477. The van der Waals surface area contributed by atoms with Gasteiger partial charge in [-0.3, -0.25) is 0 Å². The van der Waals surface area contributed by atoms with Crippen molar-refractivity contribution in [3.8, 4) is 0 Å². The second-order valence-corrected chi connectivity index (χ2v) is 6.74. The van der Waals surface area contributed by atoms with Gasteiger partial charge in [-0.05, 0) is 36.3 Å². The predicted molar refractivity (Wildman–Crippen MR) is 75.9 cm³/mol. The first kappa shape index (κ1) is 13.9. The van der Waals surface area contributed by atoms with Crippen molar-refractivity contribution in [3.05, 3.63) is 46.3 Å². The van der Waals surface area contributed by atoms with Crippen LogP contribution in [0.25, 0.3) is 0 Å². The fraction of sp³-hybridized carbons (Fsp3) is 0.467. The summed E-state index contributed by atoms with van der Waals surface area (Å²) in [6, 6.07) is 5.14. The number of rotatable bonds is 2. The van der Waals surface area contributed by atoms with Gasteiger partial charge in [0.2, 0.25) is 0 Å². The lowest BCUT2D eigenvalue weighted by Gasteiger charge is -2.32. The largest absolute Gasteiger partial charge is 0.205 e. The van der Waals surface area contributed by atoms with Crippen molar-refractivity contribution in [2.45, 2.75) is 38.5 Å². The minimum absolute atomic E-state index is 0.0472. The number of allylic oxidation sites excluding steroid dienone is 2. The van der Waals surface area contributed by atoms with E-state index in [1.165, 1.54) is 5.57 Å². The summed E-state index contributed by atoms with van der Waals surface area (Å²) in [5.74, 6) is -0.311. The topological polar surface area (TPSA) is 0 Å². The molecule has 0 amide bonds. The minimum Gasteiger partial charge on any atom is -0.205 e. The van der Waals surface area contributed by atoms with Gasteiger partial charge in [0.25, 0.3) is 0 Å². The Morgan fingerprint density at radius 3 is 2.78 bits per heavy atom. The van der Waals surface area contributed by atoms with E-state index in [0.29, 0.717) is 12.0 Å². The van der Waals surface area contributed by atoms with Crippen LogP contribution >= 0.6 is 23.2 Å². The molecule has 1 aliphatic carbocycles. The Balaban J connectivity index is 2.21. The molecule has 0 nitrogen and oxygen atoms in total. The van der Waals surface area contributed by atoms with Gasteiger partial charge in [0.05, 0.1) is 10.4 Å². The fourth-order valence-corrected chi connectivity index (χ4v) is 3.43. The molecule has 1 aliphatic rings. The Hall–Kier alpha value is -0.530. The second-order valence-electron chi connectivity index (χ2n) is 5.78. The Kier molecular flexibility index (Phi) is 4.03. The number of halogens is 3. The third-order valence-electron chi connectivity index (χ3n) is 3.32. The number of hydrogen-bond donors (Lipinski definition) is 0. The normalized spacial score (nSPS) is 22.7. The first-order valence-corrected chi connectivity index (χ1v) is 6.95. The quantitative estimate of drug-likeness (QED) is 0.506. The summed E-state index contributed by atoms with van der Waals surface area (Å²) in [6.07, 6.45) is 4.59. The van der Waals surface area contributed by atoms with E-state index in [0.717, 1.165) is 12.8 Å². The minimum atomic E-state index is -0.311. The monoisotopic (exact) mass is 286 g/mol. The van der Waals surface area contributed by atoms with Crippen LogP contribution in [0.1, 0.15) is 32.3 Å². The molecule has 1 atom stereocenters. The third-order valence-corrected chi connectivity index (χ3v) is 3.89. The van der Waals surface area contributed by atoms with Crippen LogP contribution in [-0.2, 0) is 6.42 Å². The van der Waals surface area contributed by atoms with Gasteiger partial charge in [0.15, 0.2) is 0 Å². The van der Waals surface area contributed by atoms with Crippen molar-refractivity contribution >= 4 is 23.2 Å². The first-order valence-electron chi connectivity index (χ1n) is 6.14. The average molecular weight is 287 g/mol. The van der Waals surface area contributed by atoms with Crippen LogP contribution in [0.5, 0.6) is 0 Å². The number of benzene rings is 1. The van der Waals surface area contributed by atoms with Crippen molar-refractivity contribution in [2.75, 3.05) is 0 Å². The van der Waals surface area contributed by atoms with Gasteiger partial charge in [-0.1, -0.05) is 49.2 Å². The van der Waals surface area contributed by atoms with Crippen LogP contribution in [0, 0.1) is 11.2 Å². The maximum absolute atomic E-state index is 13.9. The zero-order valence-electron chi connectivity index (χ0n) is 10.6. The molecule has 0 heterocycles. The van der Waals surface area contributed by atoms with Gasteiger partial charge in [-0.2, -0.15) is 0 Å². The summed E-state index contributed by atoms with van der Waals surface area (Å²) < 4.78 is 13.9. The maximum Gasteiger partial charge on any atom is 0.145 e. The van der Waals surface area contributed by atoms with E-state index in [2.05, 4.69) is 19.9 Å². The van der Waals surface area contributed by atoms with Crippen molar-refractivity contribution < 1.29 is 4.39 Å². The van der Waals surface area contributed by atoms with E-state index in [1.807, 2.05) is 0 Å². The van der Waals surface area contributed by atoms with Crippen LogP contribution < -0.4 is 0 Å². The smallest absolute Gasteiger partial charge is 0.145 e. The van der Waals surface area contributed by atoms with Crippen LogP contribution in [0.2, 0.25) is 5.02 Å². The molecule has 0 N–H and O–H groups in total. The van der Waals surface area contributed by atoms with E-state index in [1.54, 1.807) is 18.2 Å². The molecule has 0 aromatic heterocycles. The van der Waals surface area contributed by atoms with Gasteiger partial charge in [-0.15, -0.1) is 11.6 Å². The van der Waals surface area contributed by atoms with Crippen LogP contribution in [-0.4, -0.2) is 5.38 Å². The molecule has 0 radical (unpaired) electrons. The molecule has 0 aliphatic heterocycles. The van der Waals surface area contributed by atoms with Crippen molar-refractivity contribution in [1.29, 1.82) is 0 Å². The lowest BCUT2D eigenvalue weighted by molar-refractivity contribution is 0.320. The molecule has 1 aromatic rings. The lowest BCUT2D eigenvalue weighted by atomic mass is 9.76. The van der Waals surface area contributed by atoms with Gasteiger partial charge in [0, 0.05) is 0 Å².